The summed E-state index contributed by atoms with van der Waals surface area (Å²) < 4.78 is 0. The quantitative estimate of drug-likeness (QED) is 0.780. The normalized spacial score (nSPS) is 33.0. The topological polar surface area (TPSA) is 24.9 Å². The van der Waals surface area contributed by atoms with Crippen molar-refractivity contribution in [3.63, 3.8) is 0 Å². The predicted molar refractivity (Wildman–Crippen MR) is 53.8 cm³/mol. The SMILES string of the molecule is Cc1cnc(C2NCC2C2CC2)s1. The molecular weight excluding hydrogens is 180 g/mol. The maximum atomic E-state index is 4.45. The lowest BCUT2D eigenvalue weighted by Gasteiger charge is -2.37. The molecule has 0 aromatic carbocycles. The highest BCUT2D eigenvalue weighted by Gasteiger charge is 2.43. The van der Waals surface area contributed by atoms with Gasteiger partial charge in [-0.25, -0.2) is 4.98 Å². The second-order valence-electron chi connectivity index (χ2n) is 4.20. The van der Waals surface area contributed by atoms with Crippen LogP contribution in [0.3, 0.4) is 0 Å². The van der Waals surface area contributed by atoms with E-state index in [0.717, 1.165) is 11.8 Å². The Balaban J connectivity index is 1.77. The van der Waals surface area contributed by atoms with E-state index < -0.39 is 0 Å². The zero-order valence-corrected chi connectivity index (χ0v) is 8.60. The third-order valence-electron chi connectivity index (χ3n) is 3.13. The molecule has 2 fully saturated rings. The van der Waals surface area contributed by atoms with Crippen LogP contribution in [0, 0.1) is 18.8 Å². The molecular formula is C10H14N2S. The average molecular weight is 194 g/mol. The number of hydrogen-bond acceptors (Lipinski definition) is 3. The first-order valence-corrected chi connectivity index (χ1v) is 5.82. The van der Waals surface area contributed by atoms with Crippen LogP contribution in [0.4, 0.5) is 0 Å². The molecule has 1 aliphatic heterocycles. The Morgan fingerprint density at radius 2 is 2.38 bits per heavy atom. The van der Waals surface area contributed by atoms with Gasteiger partial charge in [0.15, 0.2) is 0 Å². The fourth-order valence-electron chi connectivity index (χ4n) is 2.12. The van der Waals surface area contributed by atoms with Crippen LogP contribution in [0.15, 0.2) is 6.20 Å². The van der Waals surface area contributed by atoms with Gasteiger partial charge in [-0.1, -0.05) is 0 Å². The molecule has 3 heteroatoms. The molecule has 0 radical (unpaired) electrons. The van der Waals surface area contributed by atoms with E-state index in [1.54, 1.807) is 0 Å². The molecule has 0 amide bonds. The average Bonchev–Trinajstić information content (AvgIpc) is 2.75. The van der Waals surface area contributed by atoms with Crippen molar-refractivity contribution in [2.75, 3.05) is 6.54 Å². The van der Waals surface area contributed by atoms with Gasteiger partial charge >= 0.3 is 0 Å². The van der Waals surface area contributed by atoms with Gasteiger partial charge in [-0.2, -0.15) is 0 Å². The number of nitrogens with zero attached hydrogens (tertiary/aromatic N) is 1. The lowest BCUT2D eigenvalue weighted by molar-refractivity contribution is 0.206. The molecule has 2 nitrogen and oxygen atoms in total. The minimum Gasteiger partial charge on any atom is -0.307 e. The van der Waals surface area contributed by atoms with Crippen molar-refractivity contribution in [3.05, 3.63) is 16.1 Å². The molecule has 0 spiro atoms. The van der Waals surface area contributed by atoms with E-state index in [1.807, 2.05) is 17.5 Å². The predicted octanol–water partition coefficient (Wildman–Crippen LogP) is 2.12. The highest BCUT2D eigenvalue weighted by atomic mass is 32.1. The van der Waals surface area contributed by atoms with Gasteiger partial charge in [0.05, 0.1) is 6.04 Å². The molecule has 70 valence electrons. The molecule has 2 atom stereocenters. The van der Waals surface area contributed by atoms with Gasteiger partial charge < -0.3 is 5.32 Å². The summed E-state index contributed by atoms with van der Waals surface area (Å²) in [4.78, 5) is 5.79. The Morgan fingerprint density at radius 3 is 2.85 bits per heavy atom. The maximum absolute atomic E-state index is 4.45. The fourth-order valence-corrected chi connectivity index (χ4v) is 3.05. The van der Waals surface area contributed by atoms with E-state index in [4.69, 9.17) is 0 Å². The summed E-state index contributed by atoms with van der Waals surface area (Å²) in [6.07, 6.45) is 4.89. The smallest absolute Gasteiger partial charge is 0.110 e. The number of rotatable bonds is 2. The summed E-state index contributed by atoms with van der Waals surface area (Å²) in [5, 5.41) is 4.80. The number of hydrogen-bond donors (Lipinski definition) is 1. The molecule has 2 heterocycles. The van der Waals surface area contributed by atoms with E-state index in [0.29, 0.717) is 6.04 Å². The number of aryl methyl sites for hydroxylation is 1. The van der Waals surface area contributed by atoms with Gasteiger partial charge in [-0.3, -0.25) is 0 Å². The van der Waals surface area contributed by atoms with Crippen molar-refractivity contribution in [1.82, 2.24) is 10.3 Å². The van der Waals surface area contributed by atoms with Crippen LogP contribution in [0.1, 0.15) is 28.8 Å². The molecule has 1 N–H and O–H groups in total. The largest absolute Gasteiger partial charge is 0.307 e. The van der Waals surface area contributed by atoms with Crippen LogP contribution in [-0.4, -0.2) is 11.5 Å². The van der Waals surface area contributed by atoms with E-state index >= 15 is 0 Å². The monoisotopic (exact) mass is 194 g/mol. The van der Waals surface area contributed by atoms with Gasteiger partial charge in [-0.05, 0) is 31.6 Å². The van der Waals surface area contributed by atoms with Crippen molar-refractivity contribution in [2.24, 2.45) is 11.8 Å². The first-order chi connectivity index (χ1) is 6.34. The van der Waals surface area contributed by atoms with Gasteiger partial charge in [0, 0.05) is 17.6 Å². The Bertz CT molecular complexity index is 316. The minimum atomic E-state index is 0.589. The Morgan fingerprint density at radius 1 is 1.54 bits per heavy atom. The second-order valence-corrected chi connectivity index (χ2v) is 5.46. The van der Waals surface area contributed by atoms with E-state index in [-0.39, 0.29) is 0 Å². The Kier molecular flexibility index (Phi) is 1.70. The zero-order valence-electron chi connectivity index (χ0n) is 7.79. The maximum Gasteiger partial charge on any atom is 0.110 e. The first kappa shape index (κ1) is 7.94. The van der Waals surface area contributed by atoms with Crippen LogP contribution in [0.25, 0.3) is 0 Å². The number of aromatic nitrogens is 1. The van der Waals surface area contributed by atoms with Crippen LogP contribution in [0.2, 0.25) is 0 Å². The van der Waals surface area contributed by atoms with Crippen LogP contribution >= 0.6 is 11.3 Å². The third kappa shape index (κ3) is 1.30. The standard InChI is InChI=1S/C10H14N2S/c1-6-4-12-10(13-6)9-8(5-11-9)7-2-3-7/h4,7-9,11H,2-3,5H2,1H3. The van der Waals surface area contributed by atoms with E-state index in [2.05, 4.69) is 17.2 Å². The number of nitrogens with one attached hydrogen (secondary N) is 1. The fraction of sp³-hybridized carbons (Fsp3) is 0.700. The van der Waals surface area contributed by atoms with Gasteiger partial charge in [0.1, 0.15) is 5.01 Å². The molecule has 3 rings (SSSR count). The van der Waals surface area contributed by atoms with Crippen molar-refractivity contribution < 1.29 is 0 Å². The van der Waals surface area contributed by atoms with Crippen LogP contribution in [0.5, 0.6) is 0 Å². The Labute approximate surface area is 82.4 Å². The molecule has 2 unspecified atom stereocenters. The lowest BCUT2D eigenvalue weighted by Crippen LogP contribution is -2.46. The van der Waals surface area contributed by atoms with Crippen molar-refractivity contribution in [1.29, 1.82) is 0 Å². The Hall–Kier alpha value is -0.410. The first-order valence-electron chi connectivity index (χ1n) is 5.00. The van der Waals surface area contributed by atoms with Gasteiger partial charge in [-0.15, -0.1) is 11.3 Å². The second kappa shape index (κ2) is 2.79. The minimum absolute atomic E-state index is 0.589. The van der Waals surface area contributed by atoms with Gasteiger partial charge in [0.2, 0.25) is 0 Å². The van der Waals surface area contributed by atoms with E-state index in [9.17, 15) is 0 Å². The molecule has 1 aliphatic carbocycles. The van der Waals surface area contributed by atoms with Crippen molar-refractivity contribution >= 4 is 11.3 Å². The molecule has 1 aromatic heterocycles. The number of thiazole rings is 1. The van der Waals surface area contributed by atoms with Gasteiger partial charge in [0.25, 0.3) is 0 Å². The van der Waals surface area contributed by atoms with Crippen molar-refractivity contribution in [3.8, 4) is 0 Å². The van der Waals surface area contributed by atoms with Crippen molar-refractivity contribution in [2.45, 2.75) is 25.8 Å². The summed E-state index contributed by atoms with van der Waals surface area (Å²) in [5.74, 6) is 1.90. The molecule has 0 bridgehead atoms. The zero-order chi connectivity index (χ0) is 8.84. The molecule has 2 aliphatic rings. The highest BCUT2D eigenvalue weighted by Crippen LogP contribution is 2.47. The summed E-state index contributed by atoms with van der Waals surface area (Å²) >= 11 is 1.85. The summed E-state index contributed by atoms with van der Waals surface area (Å²) in [6.45, 7) is 3.35. The van der Waals surface area contributed by atoms with E-state index in [1.165, 1.54) is 29.3 Å². The summed E-state index contributed by atoms with van der Waals surface area (Å²) in [7, 11) is 0. The molecule has 1 saturated heterocycles. The molecule has 13 heavy (non-hydrogen) atoms. The molecule has 1 saturated carbocycles. The lowest BCUT2D eigenvalue weighted by atomic mass is 9.87. The molecule has 1 aromatic rings. The third-order valence-corrected chi connectivity index (χ3v) is 4.13. The summed E-state index contributed by atoms with van der Waals surface area (Å²) in [6, 6.07) is 0.589. The van der Waals surface area contributed by atoms with Crippen LogP contribution < -0.4 is 5.32 Å². The summed E-state index contributed by atoms with van der Waals surface area (Å²) in [5.41, 5.74) is 0. The van der Waals surface area contributed by atoms with Crippen LogP contribution in [-0.2, 0) is 0 Å². The highest BCUT2D eigenvalue weighted by molar-refractivity contribution is 7.11.